The van der Waals surface area contributed by atoms with Gasteiger partial charge in [-0.2, -0.15) is 0 Å². The van der Waals surface area contributed by atoms with Gasteiger partial charge in [0.1, 0.15) is 0 Å². The molecule has 1 saturated carbocycles. The van der Waals surface area contributed by atoms with Crippen LogP contribution < -0.4 is 5.73 Å². The smallest absolute Gasteiger partial charge is 0.0113 e. The van der Waals surface area contributed by atoms with E-state index < -0.39 is 0 Å². The van der Waals surface area contributed by atoms with Gasteiger partial charge in [0, 0.05) is 6.04 Å². The van der Waals surface area contributed by atoms with Crippen LogP contribution in [0.15, 0.2) is 11.6 Å². The molecule has 1 aliphatic carbocycles. The van der Waals surface area contributed by atoms with E-state index in [-0.39, 0.29) is 0 Å². The highest BCUT2D eigenvalue weighted by Crippen LogP contribution is 2.25. The van der Waals surface area contributed by atoms with Gasteiger partial charge in [-0.15, -0.1) is 0 Å². The highest BCUT2D eigenvalue weighted by atomic mass is 14.7. The fourth-order valence-electron chi connectivity index (χ4n) is 2.54. The maximum atomic E-state index is 5.75. The molecular formula is C16H31N. The molecule has 0 aromatic carbocycles. The summed E-state index contributed by atoms with van der Waals surface area (Å²) in [6.45, 7) is 2.28. The quantitative estimate of drug-likeness (QED) is 0.422. The van der Waals surface area contributed by atoms with Crippen LogP contribution >= 0.6 is 0 Å². The SMILES string of the molecule is CCCCCCCCCCCC=C1CC(N)C1. The Morgan fingerprint density at radius 1 is 0.941 bits per heavy atom. The van der Waals surface area contributed by atoms with Gasteiger partial charge in [-0.05, 0) is 25.7 Å². The summed E-state index contributed by atoms with van der Waals surface area (Å²) in [6.07, 6.45) is 18.9. The van der Waals surface area contributed by atoms with Gasteiger partial charge in [0.15, 0.2) is 0 Å². The van der Waals surface area contributed by atoms with Crippen molar-refractivity contribution >= 4 is 0 Å². The Hall–Kier alpha value is -0.300. The number of unbranched alkanes of at least 4 members (excludes halogenated alkanes) is 9. The van der Waals surface area contributed by atoms with Gasteiger partial charge < -0.3 is 5.73 Å². The second-order valence-electron chi connectivity index (χ2n) is 5.65. The summed E-state index contributed by atoms with van der Waals surface area (Å²) < 4.78 is 0. The van der Waals surface area contributed by atoms with Gasteiger partial charge in [-0.25, -0.2) is 0 Å². The lowest BCUT2D eigenvalue weighted by Crippen LogP contribution is -2.30. The molecule has 17 heavy (non-hydrogen) atoms. The van der Waals surface area contributed by atoms with E-state index in [4.69, 9.17) is 5.73 Å². The van der Waals surface area contributed by atoms with Crippen molar-refractivity contribution in [1.29, 1.82) is 0 Å². The Bertz CT molecular complexity index is 200. The molecular weight excluding hydrogens is 206 g/mol. The molecule has 1 heteroatoms. The zero-order valence-electron chi connectivity index (χ0n) is 11.7. The first kappa shape index (κ1) is 14.8. The van der Waals surface area contributed by atoms with Gasteiger partial charge >= 0.3 is 0 Å². The summed E-state index contributed by atoms with van der Waals surface area (Å²) in [5.74, 6) is 0. The van der Waals surface area contributed by atoms with E-state index in [1.807, 2.05) is 0 Å². The van der Waals surface area contributed by atoms with E-state index in [1.54, 1.807) is 5.57 Å². The van der Waals surface area contributed by atoms with Crippen molar-refractivity contribution in [3.8, 4) is 0 Å². The Balaban J connectivity index is 1.74. The Kier molecular flexibility index (Phi) is 8.42. The molecule has 1 aliphatic rings. The van der Waals surface area contributed by atoms with Crippen molar-refractivity contribution in [2.24, 2.45) is 5.73 Å². The van der Waals surface area contributed by atoms with Gasteiger partial charge in [0.05, 0.1) is 0 Å². The molecule has 1 rings (SSSR count). The molecule has 0 aliphatic heterocycles. The van der Waals surface area contributed by atoms with Crippen LogP contribution in [0.25, 0.3) is 0 Å². The molecule has 0 saturated heterocycles. The standard InChI is InChI=1S/C16H31N/c1-2-3-4-5-6-7-8-9-10-11-12-15-13-16(17)14-15/h12,16H,2-11,13-14,17H2,1H3. The second kappa shape index (κ2) is 9.70. The minimum Gasteiger partial charge on any atom is -0.327 e. The second-order valence-corrected chi connectivity index (χ2v) is 5.65. The zero-order chi connectivity index (χ0) is 12.3. The minimum atomic E-state index is 0.476. The van der Waals surface area contributed by atoms with Crippen molar-refractivity contribution in [2.75, 3.05) is 0 Å². The molecule has 0 heterocycles. The van der Waals surface area contributed by atoms with E-state index in [0.717, 1.165) is 12.8 Å². The van der Waals surface area contributed by atoms with E-state index in [9.17, 15) is 0 Å². The van der Waals surface area contributed by atoms with Gasteiger partial charge in [0.25, 0.3) is 0 Å². The van der Waals surface area contributed by atoms with Gasteiger partial charge in [-0.1, -0.05) is 69.9 Å². The molecule has 0 spiro atoms. The lowest BCUT2D eigenvalue weighted by Gasteiger charge is -2.25. The molecule has 0 aromatic rings. The summed E-state index contributed by atoms with van der Waals surface area (Å²) in [6, 6.07) is 0.476. The van der Waals surface area contributed by atoms with E-state index in [1.165, 1.54) is 64.2 Å². The Morgan fingerprint density at radius 2 is 1.47 bits per heavy atom. The minimum absolute atomic E-state index is 0.476. The first-order chi connectivity index (χ1) is 8.33. The van der Waals surface area contributed by atoms with Crippen molar-refractivity contribution in [1.82, 2.24) is 0 Å². The average Bonchev–Trinajstić information content (AvgIpc) is 2.29. The maximum Gasteiger partial charge on any atom is 0.0113 e. The van der Waals surface area contributed by atoms with Crippen molar-refractivity contribution in [3.63, 3.8) is 0 Å². The molecule has 0 amide bonds. The summed E-state index contributed by atoms with van der Waals surface area (Å²) in [4.78, 5) is 0. The molecule has 0 aromatic heterocycles. The summed E-state index contributed by atoms with van der Waals surface area (Å²) >= 11 is 0. The number of hydrogen-bond donors (Lipinski definition) is 1. The van der Waals surface area contributed by atoms with Crippen LogP contribution in [0.5, 0.6) is 0 Å². The molecule has 2 N–H and O–H groups in total. The first-order valence-electron chi connectivity index (χ1n) is 7.76. The molecule has 0 radical (unpaired) electrons. The third-order valence-electron chi connectivity index (χ3n) is 3.79. The van der Waals surface area contributed by atoms with Crippen molar-refractivity contribution < 1.29 is 0 Å². The summed E-state index contributed by atoms with van der Waals surface area (Å²) in [7, 11) is 0. The fourth-order valence-corrected chi connectivity index (χ4v) is 2.54. The number of hydrogen-bond acceptors (Lipinski definition) is 1. The molecule has 100 valence electrons. The topological polar surface area (TPSA) is 26.0 Å². The maximum absolute atomic E-state index is 5.75. The Labute approximate surface area is 108 Å². The van der Waals surface area contributed by atoms with Crippen LogP contribution in [0.3, 0.4) is 0 Å². The third kappa shape index (κ3) is 7.59. The van der Waals surface area contributed by atoms with Crippen LogP contribution in [0.4, 0.5) is 0 Å². The van der Waals surface area contributed by atoms with Gasteiger partial charge in [-0.3, -0.25) is 0 Å². The number of allylic oxidation sites excluding steroid dienone is 1. The fraction of sp³-hybridized carbons (Fsp3) is 0.875. The number of nitrogens with two attached hydrogens (primary N) is 1. The van der Waals surface area contributed by atoms with Gasteiger partial charge in [0.2, 0.25) is 0 Å². The normalized spacial score (nSPS) is 19.2. The largest absolute Gasteiger partial charge is 0.327 e. The third-order valence-corrected chi connectivity index (χ3v) is 3.79. The summed E-state index contributed by atoms with van der Waals surface area (Å²) in [5, 5.41) is 0. The molecule has 0 unspecified atom stereocenters. The number of rotatable bonds is 10. The molecule has 0 atom stereocenters. The Morgan fingerprint density at radius 3 is 2.00 bits per heavy atom. The first-order valence-corrected chi connectivity index (χ1v) is 7.76. The van der Waals surface area contributed by atoms with E-state index in [0.29, 0.717) is 6.04 Å². The van der Waals surface area contributed by atoms with Crippen LogP contribution in [-0.4, -0.2) is 6.04 Å². The predicted molar refractivity (Wildman–Crippen MR) is 77.1 cm³/mol. The van der Waals surface area contributed by atoms with Crippen LogP contribution in [-0.2, 0) is 0 Å². The molecule has 0 bridgehead atoms. The van der Waals surface area contributed by atoms with E-state index in [2.05, 4.69) is 13.0 Å². The van der Waals surface area contributed by atoms with Crippen LogP contribution in [0.2, 0.25) is 0 Å². The predicted octanol–water partition coefficient (Wildman–Crippen LogP) is 4.95. The zero-order valence-corrected chi connectivity index (χ0v) is 11.7. The highest BCUT2D eigenvalue weighted by Gasteiger charge is 2.17. The van der Waals surface area contributed by atoms with E-state index >= 15 is 0 Å². The van der Waals surface area contributed by atoms with Crippen LogP contribution in [0.1, 0.15) is 84.0 Å². The molecule has 1 fully saturated rings. The molecule has 1 nitrogen and oxygen atoms in total. The highest BCUT2D eigenvalue weighted by molar-refractivity contribution is 5.14. The van der Waals surface area contributed by atoms with Crippen molar-refractivity contribution in [3.05, 3.63) is 11.6 Å². The average molecular weight is 237 g/mol. The lowest BCUT2D eigenvalue weighted by molar-refractivity contribution is 0.534. The lowest BCUT2D eigenvalue weighted by atomic mass is 9.86. The monoisotopic (exact) mass is 237 g/mol. The van der Waals surface area contributed by atoms with Crippen molar-refractivity contribution in [2.45, 2.75) is 90.0 Å². The summed E-state index contributed by atoms with van der Waals surface area (Å²) in [5.41, 5.74) is 7.36. The van der Waals surface area contributed by atoms with Crippen LogP contribution in [0, 0.1) is 0 Å².